The summed E-state index contributed by atoms with van der Waals surface area (Å²) < 4.78 is 6.85. The predicted molar refractivity (Wildman–Crippen MR) is 123 cm³/mol. The molecule has 5 aromatic heterocycles. The topological polar surface area (TPSA) is 141 Å². The lowest BCUT2D eigenvalue weighted by Crippen LogP contribution is -2.25. The molecule has 5 rings (SSSR count). The number of nitrogens with two attached hydrogens (primary N) is 1. The first kappa shape index (κ1) is 20.6. The van der Waals surface area contributed by atoms with Gasteiger partial charge in [0, 0.05) is 65.5 Å². The monoisotopic (exact) mass is 442 g/mol. The number of ether oxygens (including phenoxy) is 1. The lowest BCUT2D eigenvalue weighted by molar-refractivity contribution is 0.0970. The second-order valence-electron chi connectivity index (χ2n) is 7.88. The normalized spacial score (nSPS) is 13.2. The van der Waals surface area contributed by atoms with Crippen molar-refractivity contribution in [1.29, 1.82) is 0 Å². The van der Waals surface area contributed by atoms with E-state index in [1.165, 1.54) is 7.11 Å². The highest BCUT2D eigenvalue weighted by molar-refractivity contribution is 5.95. The van der Waals surface area contributed by atoms with Gasteiger partial charge >= 0.3 is 0 Å². The molecule has 0 saturated carbocycles. The Morgan fingerprint density at radius 2 is 1.94 bits per heavy atom. The molecule has 10 nitrogen and oxygen atoms in total. The van der Waals surface area contributed by atoms with E-state index in [1.54, 1.807) is 48.4 Å². The molecule has 0 aliphatic rings. The number of nitrogens with one attached hydrogen (secondary N) is 1. The van der Waals surface area contributed by atoms with Gasteiger partial charge in [-0.15, -0.1) is 0 Å². The van der Waals surface area contributed by atoms with E-state index in [0.717, 1.165) is 22.1 Å². The molecule has 0 fully saturated rings. The maximum absolute atomic E-state index is 11.3. The zero-order valence-electron chi connectivity index (χ0n) is 18.3. The van der Waals surface area contributed by atoms with Crippen molar-refractivity contribution in [3.8, 4) is 28.3 Å². The van der Waals surface area contributed by atoms with Gasteiger partial charge in [0.05, 0.1) is 24.7 Å². The molecule has 0 aliphatic carbocycles. The second-order valence-corrected chi connectivity index (χ2v) is 7.88. The summed E-state index contributed by atoms with van der Waals surface area (Å²) in [5, 5.41) is 16.4. The summed E-state index contributed by atoms with van der Waals surface area (Å²) in [5.41, 5.74) is 9.45. The Hall–Kier alpha value is -4.31. The highest BCUT2D eigenvalue weighted by atomic mass is 16.5. The predicted octanol–water partition coefficient (Wildman–Crippen LogP) is 2.66. The fraction of sp³-hybridized carbons (Fsp3) is 0.174. The third kappa shape index (κ3) is 3.66. The van der Waals surface area contributed by atoms with Crippen molar-refractivity contribution in [2.24, 2.45) is 7.05 Å². The van der Waals surface area contributed by atoms with Gasteiger partial charge in [0.15, 0.2) is 0 Å². The van der Waals surface area contributed by atoms with Gasteiger partial charge in [-0.3, -0.25) is 4.68 Å². The molecule has 5 aromatic rings. The van der Waals surface area contributed by atoms with E-state index in [-0.39, 0.29) is 5.95 Å². The number of fused-ring (bicyclic) bond motifs is 1. The molecular formula is C23H22N8O2. The fourth-order valence-corrected chi connectivity index (χ4v) is 3.73. The van der Waals surface area contributed by atoms with E-state index in [9.17, 15) is 5.11 Å². The van der Waals surface area contributed by atoms with Gasteiger partial charge in [-0.1, -0.05) is 0 Å². The lowest BCUT2D eigenvalue weighted by atomic mass is 9.92. The van der Waals surface area contributed by atoms with Crippen molar-refractivity contribution in [3.05, 3.63) is 66.5 Å². The maximum atomic E-state index is 11.3. The molecule has 1 unspecified atom stereocenters. The standard InChI is InChI=1S/C23H22N8O2/c1-23(32,15-4-5-20(33-3)25-10-15)19-7-18(29-22(24)30-19)17-11-27-21-16(17)6-13(8-26-21)14-9-28-31(2)12-14/h4-12,32H,1-3H3,(H,26,27)(H2,24,29,30). The summed E-state index contributed by atoms with van der Waals surface area (Å²) in [4.78, 5) is 20.6. The Morgan fingerprint density at radius 1 is 1.09 bits per heavy atom. The van der Waals surface area contributed by atoms with Gasteiger partial charge in [-0.05, 0) is 25.1 Å². The Balaban J connectivity index is 1.60. The van der Waals surface area contributed by atoms with Crippen molar-refractivity contribution in [3.63, 3.8) is 0 Å². The Morgan fingerprint density at radius 3 is 2.64 bits per heavy atom. The number of aromatic amines is 1. The number of pyridine rings is 2. The molecule has 5 heterocycles. The third-order valence-corrected chi connectivity index (χ3v) is 5.60. The van der Waals surface area contributed by atoms with Gasteiger partial charge in [0.2, 0.25) is 11.8 Å². The number of methoxy groups -OCH3 is 1. The van der Waals surface area contributed by atoms with Crippen molar-refractivity contribution in [2.75, 3.05) is 12.8 Å². The molecule has 0 aliphatic heterocycles. The minimum absolute atomic E-state index is 0.0509. The molecule has 0 aromatic carbocycles. The van der Waals surface area contributed by atoms with Gasteiger partial charge in [-0.2, -0.15) is 5.10 Å². The minimum atomic E-state index is -1.45. The first-order chi connectivity index (χ1) is 15.8. The van der Waals surface area contributed by atoms with Gasteiger partial charge < -0.3 is 20.6 Å². The molecular weight excluding hydrogens is 420 g/mol. The number of rotatable bonds is 5. The zero-order chi connectivity index (χ0) is 23.2. The number of hydrogen-bond acceptors (Lipinski definition) is 8. The molecule has 10 heteroatoms. The van der Waals surface area contributed by atoms with Crippen LogP contribution in [0.4, 0.5) is 5.95 Å². The molecule has 0 saturated heterocycles. The molecule has 0 spiro atoms. The van der Waals surface area contributed by atoms with Crippen LogP contribution in [0.25, 0.3) is 33.4 Å². The van der Waals surface area contributed by atoms with Gasteiger partial charge in [-0.25, -0.2) is 19.9 Å². The van der Waals surface area contributed by atoms with Crippen LogP contribution in [0.3, 0.4) is 0 Å². The average Bonchev–Trinajstić information content (AvgIpc) is 3.44. The molecule has 4 N–H and O–H groups in total. The van der Waals surface area contributed by atoms with Gasteiger partial charge in [0.1, 0.15) is 11.2 Å². The van der Waals surface area contributed by atoms with Crippen molar-refractivity contribution in [2.45, 2.75) is 12.5 Å². The number of aryl methyl sites for hydroxylation is 1. The van der Waals surface area contributed by atoms with Gasteiger partial charge in [0.25, 0.3) is 0 Å². The van der Waals surface area contributed by atoms with Crippen LogP contribution in [0.1, 0.15) is 18.2 Å². The molecule has 33 heavy (non-hydrogen) atoms. The Labute approximate surface area is 189 Å². The number of nitrogen functional groups attached to an aromatic ring is 1. The van der Waals surface area contributed by atoms with Crippen LogP contribution in [0.15, 0.2) is 55.2 Å². The highest BCUT2D eigenvalue weighted by Crippen LogP contribution is 2.34. The first-order valence-electron chi connectivity index (χ1n) is 10.2. The maximum Gasteiger partial charge on any atom is 0.220 e. The van der Waals surface area contributed by atoms with E-state index in [4.69, 9.17) is 10.5 Å². The van der Waals surface area contributed by atoms with Crippen molar-refractivity contribution < 1.29 is 9.84 Å². The molecule has 1 atom stereocenters. The number of nitrogens with zero attached hydrogens (tertiary/aromatic N) is 6. The van der Waals surface area contributed by atoms with Crippen LogP contribution in [-0.4, -0.2) is 46.9 Å². The number of aromatic nitrogens is 7. The molecule has 0 amide bonds. The number of anilines is 1. The van der Waals surface area contributed by atoms with Crippen LogP contribution in [0.2, 0.25) is 0 Å². The van der Waals surface area contributed by atoms with Crippen molar-refractivity contribution in [1.82, 2.24) is 34.7 Å². The minimum Gasteiger partial charge on any atom is -0.481 e. The summed E-state index contributed by atoms with van der Waals surface area (Å²) in [7, 11) is 3.40. The van der Waals surface area contributed by atoms with E-state index < -0.39 is 5.60 Å². The quantitative estimate of drug-likeness (QED) is 0.377. The summed E-state index contributed by atoms with van der Waals surface area (Å²) >= 11 is 0. The van der Waals surface area contributed by atoms with Crippen LogP contribution in [0, 0.1) is 0 Å². The first-order valence-corrected chi connectivity index (χ1v) is 10.2. The molecule has 0 bridgehead atoms. The third-order valence-electron chi connectivity index (χ3n) is 5.60. The van der Waals surface area contributed by atoms with E-state index >= 15 is 0 Å². The van der Waals surface area contributed by atoms with Crippen LogP contribution in [-0.2, 0) is 12.6 Å². The Bertz CT molecular complexity index is 1450. The number of aliphatic hydroxyl groups is 1. The average molecular weight is 442 g/mol. The zero-order valence-corrected chi connectivity index (χ0v) is 18.3. The fourth-order valence-electron chi connectivity index (χ4n) is 3.73. The van der Waals surface area contributed by atoms with Crippen molar-refractivity contribution >= 4 is 17.0 Å². The molecule has 0 radical (unpaired) electrons. The SMILES string of the molecule is COc1ccc(C(C)(O)c2cc(-c3c[nH]c4ncc(-c5cnn(C)c5)cc34)nc(N)n2)cn1. The van der Waals surface area contributed by atoms with Crippen LogP contribution < -0.4 is 10.5 Å². The van der Waals surface area contributed by atoms with E-state index in [0.29, 0.717) is 28.5 Å². The number of H-pyrrole nitrogens is 1. The smallest absolute Gasteiger partial charge is 0.220 e. The summed E-state index contributed by atoms with van der Waals surface area (Å²) in [5.74, 6) is 0.503. The van der Waals surface area contributed by atoms with Crippen LogP contribution >= 0.6 is 0 Å². The molecule has 166 valence electrons. The second kappa shape index (κ2) is 7.68. The lowest BCUT2D eigenvalue weighted by Gasteiger charge is -2.23. The summed E-state index contributed by atoms with van der Waals surface area (Å²) in [6.45, 7) is 1.64. The highest BCUT2D eigenvalue weighted by Gasteiger charge is 2.29. The Kier molecular flexibility index (Phi) is 4.79. The summed E-state index contributed by atoms with van der Waals surface area (Å²) in [6, 6.07) is 7.16. The van der Waals surface area contributed by atoms with E-state index in [1.807, 2.05) is 25.5 Å². The number of hydrogen-bond donors (Lipinski definition) is 3. The largest absolute Gasteiger partial charge is 0.481 e. The summed E-state index contributed by atoms with van der Waals surface area (Å²) in [6.07, 6.45) is 8.87. The van der Waals surface area contributed by atoms with E-state index in [2.05, 4.69) is 30.0 Å². The van der Waals surface area contributed by atoms with Crippen LogP contribution in [0.5, 0.6) is 5.88 Å².